The van der Waals surface area contributed by atoms with Crippen LogP contribution in [0.1, 0.15) is 43.4 Å². The fraction of sp³-hybridized carbons (Fsp3) is 0.0820. The summed E-state index contributed by atoms with van der Waals surface area (Å²) in [5.74, 6) is 0. The molecular formula is C61H45NO. The van der Waals surface area contributed by atoms with Crippen molar-refractivity contribution in [1.82, 2.24) is 0 Å². The van der Waals surface area contributed by atoms with Gasteiger partial charge in [0.1, 0.15) is 11.2 Å². The van der Waals surface area contributed by atoms with E-state index < -0.39 is 0 Å². The van der Waals surface area contributed by atoms with E-state index in [1.54, 1.807) is 0 Å². The highest BCUT2D eigenvalue weighted by molar-refractivity contribution is 6.24. The minimum atomic E-state index is -0.101. The van der Waals surface area contributed by atoms with Crippen molar-refractivity contribution >= 4 is 49.7 Å². The standard InChI is InChI=1S/C61H45NO/c1-61(2)56-25-15-14-23-51(56)52-35-34-47(38-57(52)61)62(45-30-26-41(27-31-45)40-16-6-3-7-17-40)46-32-28-44(29-33-46)49-37-36-48(42-18-8-4-9-19-42)58-55-39-54(43-20-10-5-11-21-43)50-22-12-13-24-53(50)59(55)63-60(49)58/h3-26,28-30,32-39H,27,31H2,1-2H3. The molecule has 12 rings (SSSR count). The van der Waals surface area contributed by atoms with E-state index in [9.17, 15) is 0 Å². The molecule has 0 radical (unpaired) electrons. The first kappa shape index (κ1) is 37.1. The van der Waals surface area contributed by atoms with Crippen LogP contribution in [0.5, 0.6) is 0 Å². The number of fused-ring (bicyclic) bond motifs is 8. The average Bonchev–Trinajstić information content (AvgIpc) is 3.85. The molecule has 0 unspecified atom stereocenters. The van der Waals surface area contributed by atoms with Crippen molar-refractivity contribution in [3.63, 3.8) is 0 Å². The Morgan fingerprint density at radius 3 is 1.68 bits per heavy atom. The van der Waals surface area contributed by atoms with E-state index in [-0.39, 0.29) is 5.41 Å². The van der Waals surface area contributed by atoms with E-state index >= 15 is 0 Å². The van der Waals surface area contributed by atoms with Gasteiger partial charge < -0.3 is 9.32 Å². The van der Waals surface area contributed by atoms with Crippen LogP contribution < -0.4 is 4.90 Å². The van der Waals surface area contributed by atoms with Crippen molar-refractivity contribution in [2.75, 3.05) is 4.90 Å². The third-order valence-electron chi connectivity index (χ3n) is 13.6. The zero-order valence-electron chi connectivity index (χ0n) is 35.5. The van der Waals surface area contributed by atoms with Gasteiger partial charge in [0.15, 0.2) is 0 Å². The van der Waals surface area contributed by atoms with Gasteiger partial charge in [-0.1, -0.05) is 184 Å². The number of benzene rings is 9. The van der Waals surface area contributed by atoms with Crippen LogP contribution in [0.25, 0.3) is 82.8 Å². The van der Waals surface area contributed by atoms with E-state index in [0.29, 0.717) is 0 Å². The van der Waals surface area contributed by atoms with Gasteiger partial charge >= 0.3 is 0 Å². The Labute approximate surface area is 368 Å². The van der Waals surface area contributed by atoms with Crippen molar-refractivity contribution in [3.8, 4) is 44.5 Å². The van der Waals surface area contributed by atoms with Gasteiger partial charge in [-0.3, -0.25) is 0 Å². The average molecular weight is 808 g/mol. The summed E-state index contributed by atoms with van der Waals surface area (Å²) in [6.07, 6.45) is 6.57. The van der Waals surface area contributed by atoms with Gasteiger partial charge in [0.25, 0.3) is 0 Å². The van der Waals surface area contributed by atoms with Crippen LogP contribution in [0.2, 0.25) is 0 Å². The normalized spacial score (nSPS) is 14.1. The molecule has 1 heterocycles. The molecule has 0 N–H and O–H groups in total. The van der Waals surface area contributed by atoms with Crippen LogP contribution in [-0.2, 0) is 5.41 Å². The third kappa shape index (κ3) is 6.09. The van der Waals surface area contributed by atoms with Crippen LogP contribution in [0.15, 0.2) is 222 Å². The maximum atomic E-state index is 7.16. The highest BCUT2D eigenvalue weighted by atomic mass is 16.3. The first-order valence-corrected chi connectivity index (χ1v) is 22.1. The number of allylic oxidation sites excluding steroid dienone is 4. The Hall–Kier alpha value is -7.68. The van der Waals surface area contributed by atoms with Crippen LogP contribution in [0, 0.1) is 0 Å². The van der Waals surface area contributed by atoms with Gasteiger partial charge in [-0.2, -0.15) is 0 Å². The molecule has 0 fully saturated rings. The van der Waals surface area contributed by atoms with Crippen molar-refractivity contribution in [1.29, 1.82) is 0 Å². The molecule has 0 bridgehead atoms. The van der Waals surface area contributed by atoms with Gasteiger partial charge in [-0.15, -0.1) is 0 Å². The number of rotatable bonds is 7. The summed E-state index contributed by atoms with van der Waals surface area (Å²) in [5, 5.41) is 4.56. The lowest BCUT2D eigenvalue weighted by atomic mass is 9.82. The number of anilines is 2. The monoisotopic (exact) mass is 807 g/mol. The summed E-state index contributed by atoms with van der Waals surface area (Å²) < 4.78 is 7.16. The second-order valence-corrected chi connectivity index (χ2v) is 17.5. The lowest BCUT2D eigenvalue weighted by Crippen LogP contribution is -2.20. The van der Waals surface area contributed by atoms with Crippen LogP contribution in [-0.4, -0.2) is 0 Å². The minimum absolute atomic E-state index is 0.101. The summed E-state index contributed by atoms with van der Waals surface area (Å²) >= 11 is 0. The van der Waals surface area contributed by atoms with Crippen LogP contribution >= 0.6 is 0 Å². The SMILES string of the molecule is CC1(C)c2ccccc2-c2ccc(N(C3=CC=C(c4ccccc4)CC3)c3ccc(-c4ccc(-c5ccccc5)c5c4oc4c6ccccc6c(-c6ccccc6)cc45)cc3)cc21. The topological polar surface area (TPSA) is 16.4 Å². The van der Waals surface area contributed by atoms with Gasteiger partial charge in [-0.05, 0) is 122 Å². The van der Waals surface area contributed by atoms with E-state index in [4.69, 9.17) is 4.42 Å². The van der Waals surface area contributed by atoms with Gasteiger partial charge in [-0.25, -0.2) is 0 Å². The molecular weight excluding hydrogens is 763 g/mol. The Bertz CT molecular complexity index is 3440. The smallest absolute Gasteiger partial charge is 0.143 e. The van der Waals surface area contributed by atoms with Crippen molar-refractivity contribution < 1.29 is 4.42 Å². The Kier molecular flexibility index (Phi) is 8.69. The molecule has 0 atom stereocenters. The molecule has 0 spiro atoms. The summed E-state index contributed by atoms with van der Waals surface area (Å²) in [4.78, 5) is 2.48. The van der Waals surface area contributed by atoms with Crippen molar-refractivity contribution in [2.24, 2.45) is 0 Å². The number of furan rings is 1. The Morgan fingerprint density at radius 1 is 0.397 bits per heavy atom. The lowest BCUT2D eigenvalue weighted by Gasteiger charge is -2.31. The van der Waals surface area contributed by atoms with E-state index in [1.807, 2.05) is 0 Å². The molecule has 0 saturated carbocycles. The predicted molar refractivity (Wildman–Crippen MR) is 265 cm³/mol. The van der Waals surface area contributed by atoms with Gasteiger partial charge in [0, 0.05) is 44.2 Å². The number of hydrogen-bond donors (Lipinski definition) is 0. The molecule has 300 valence electrons. The molecule has 2 aliphatic rings. The lowest BCUT2D eigenvalue weighted by molar-refractivity contribution is 0.660. The van der Waals surface area contributed by atoms with Gasteiger partial charge in [0.2, 0.25) is 0 Å². The second-order valence-electron chi connectivity index (χ2n) is 17.5. The fourth-order valence-electron chi connectivity index (χ4n) is 10.5. The molecule has 1 aromatic heterocycles. The first-order chi connectivity index (χ1) is 31.0. The summed E-state index contributed by atoms with van der Waals surface area (Å²) in [5.41, 5.74) is 20.3. The summed E-state index contributed by atoms with van der Waals surface area (Å²) in [6.45, 7) is 4.73. The van der Waals surface area contributed by atoms with E-state index in [2.05, 4.69) is 231 Å². The summed E-state index contributed by atoms with van der Waals surface area (Å²) in [7, 11) is 0. The maximum absolute atomic E-state index is 7.16. The van der Waals surface area contributed by atoms with E-state index in [1.165, 1.54) is 72.4 Å². The first-order valence-electron chi connectivity index (χ1n) is 22.1. The number of hydrogen-bond acceptors (Lipinski definition) is 2. The van der Waals surface area contributed by atoms with E-state index in [0.717, 1.165) is 57.0 Å². The Morgan fingerprint density at radius 2 is 0.968 bits per heavy atom. The number of nitrogens with zero attached hydrogens (tertiary/aromatic N) is 1. The zero-order chi connectivity index (χ0) is 42.1. The fourth-order valence-corrected chi connectivity index (χ4v) is 10.5. The van der Waals surface area contributed by atoms with Crippen molar-refractivity contribution in [3.05, 3.63) is 235 Å². The quantitative estimate of drug-likeness (QED) is 0.159. The van der Waals surface area contributed by atoms with Crippen molar-refractivity contribution in [2.45, 2.75) is 32.1 Å². The highest BCUT2D eigenvalue weighted by Gasteiger charge is 2.36. The van der Waals surface area contributed by atoms with Crippen LogP contribution in [0.4, 0.5) is 11.4 Å². The summed E-state index contributed by atoms with van der Waals surface area (Å²) in [6, 6.07) is 72.9. The Balaban J connectivity index is 1.02. The third-order valence-corrected chi connectivity index (χ3v) is 13.6. The molecule has 0 saturated heterocycles. The zero-order valence-corrected chi connectivity index (χ0v) is 35.5. The molecule has 2 nitrogen and oxygen atoms in total. The molecule has 63 heavy (non-hydrogen) atoms. The predicted octanol–water partition coefficient (Wildman–Crippen LogP) is 16.9. The molecule has 0 amide bonds. The second kappa shape index (κ2) is 14.8. The minimum Gasteiger partial charge on any atom is -0.455 e. The molecule has 2 heteroatoms. The molecule has 0 aliphatic heterocycles. The molecule has 2 aliphatic carbocycles. The largest absolute Gasteiger partial charge is 0.455 e. The molecule has 9 aromatic carbocycles. The van der Waals surface area contributed by atoms with Gasteiger partial charge in [0.05, 0.1) is 0 Å². The highest BCUT2D eigenvalue weighted by Crippen LogP contribution is 2.51. The maximum Gasteiger partial charge on any atom is 0.143 e. The van der Waals surface area contributed by atoms with Crippen LogP contribution in [0.3, 0.4) is 0 Å². The molecule has 10 aromatic rings.